The van der Waals surface area contributed by atoms with Gasteiger partial charge in [0, 0.05) is 12.7 Å². The molecule has 12 heteroatoms. The minimum absolute atomic E-state index is 0.0520. The summed E-state index contributed by atoms with van der Waals surface area (Å²) in [6, 6.07) is 3.71. The molecule has 1 amide bonds. The summed E-state index contributed by atoms with van der Waals surface area (Å²) in [7, 11) is 1.57. The van der Waals surface area contributed by atoms with E-state index in [9.17, 15) is 23.2 Å². The SMILES string of the molecule is CNC[C@H](c1ccc(Cl)c(C(F)(F)F)c1)N(O)c1ncnc2c(C(N)=O)ccnc12. The van der Waals surface area contributed by atoms with Crippen molar-refractivity contribution in [2.75, 3.05) is 18.7 Å². The first-order valence-corrected chi connectivity index (χ1v) is 8.91. The van der Waals surface area contributed by atoms with Crippen LogP contribution >= 0.6 is 11.6 Å². The fourth-order valence-electron chi connectivity index (χ4n) is 2.97. The third kappa shape index (κ3) is 4.13. The van der Waals surface area contributed by atoms with Gasteiger partial charge >= 0.3 is 6.18 Å². The highest BCUT2D eigenvalue weighted by atomic mass is 35.5. The number of amides is 1. The number of hydrogen-bond donors (Lipinski definition) is 3. The molecule has 30 heavy (non-hydrogen) atoms. The summed E-state index contributed by atoms with van der Waals surface area (Å²) in [6.07, 6.45) is -2.29. The third-order valence-corrected chi connectivity index (χ3v) is 4.69. The van der Waals surface area contributed by atoms with Crippen LogP contribution < -0.4 is 16.1 Å². The second kappa shape index (κ2) is 8.38. The number of carbonyl (C=O) groups is 1. The zero-order valence-electron chi connectivity index (χ0n) is 15.5. The average Bonchev–Trinajstić information content (AvgIpc) is 2.70. The molecular formula is C18H16ClF3N6O2. The molecule has 0 bridgehead atoms. The first-order chi connectivity index (χ1) is 14.1. The van der Waals surface area contributed by atoms with Crippen molar-refractivity contribution >= 4 is 34.4 Å². The van der Waals surface area contributed by atoms with Crippen LogP contribution in [0, 0.1) is 0 Å². The number of hydrogen-bond acceptors (Lipinski definition) is 7. The van der Waals surface area contributed by atoms with Gasteiger partial charge in [-0.3, -0.25) is 15.0 Å². The monoisotopic (exact) mass is 440 g/mol. The maximum Gasteiger partial charge on any atom is 0.417 e. The number of nitrogens with one attached hydrogen (secondary N) is 1. The van der Waals surface area contributed by atoms with Gasteiger partial charge in [-0.05, 0) is 30.8 Å². The molecule has 0 radical (unpaired) electrons. The van der Waals surface area contributed by atoms with Gasteiger partial charge in [0.1, 0.15) is 17.4 Å². The highest BCUT2D eigenvalue weighted by Crippen LogP contribution is 2.37. The number of primary amides is 1. The van der Waals surface area contributed by atoms with Crippen LogP contribution in [-0.4, -0.2) is 39.7 Å². The number of fused-ring (bicyclic) bond motifs is 1. The van der Waals surface area contributed by atoms with E-state index < -0.39 is 28.7 Å². The molecular weight excluding hydrogens is 425 g/mol. The molecule has 0 aliphatic carbocycles. The fraction of sp³-hybridized carbons (Fsp3) is 0.222. The van der Waals surface area contributed by atoms with E-state index in [0.717, 1.165) is 18.5 Å². The maximum absolute atomic E-state index is 13.3. The summed E-state index contributed by atoms with van der Waals surface area (Å²) >= 11 is 5.70. The predicted octanol–water partition coefficient (Wildman–Crippen LogP) is 2.95. The minimum atomic E-state index is -4.67. The van der Waals surface area contributed by atoms with Crippen LogP contribution in [-0.2, 0) is 6.18 Å². The number of rotatable bonds is 6. The number of anilines is 1. The van der Waals surface area contributed by atoms with Gasteiger partial charge in [0.2, 0.25) is 0 Å². The van der Waals surface area contributed by atoms with Crippen molar-refractivity contribution in [3.05, 3.63) is 58.5 Å². The molecule has 1 aromatic carbocycles. The summed E-state index contributed by atoms with van der Waals surface area (Å²) in [6.45, 7) is 0.0520. The highest BCUT2D eigenvalue weighted by molar-refractivity contribution is 6.31. The van der Waals surface area contributed by atoms with Gasteiger partial charge in [0.15, 0.2) is 5.82 Å². The van der Waals surface area contributed by atoms with Gasteiger partial charge in [0.05, 0.1) is 22.2 Å². The molecule has 8 nitrogen and oxygen atoms in total. The highest BCUT2D eigenvalue weighted by Gasteiger charge is 2.34. The first kappa shape index (κ1) is 21.7. The van der Waals surface area contributed by atoms with Gasteiger partial charge in [0.25, 0.3) is 5.91 Å². The normalized spacial score (nSPS) is 12.7. The molecule has 0 unspecified atom stereocenters. The lowest BCUT2D eigenvalue weighted by molar-refractivity contribution is -0.137. The molecule has 4 N–H and O–H groups in total. The number of likely N-dealkylation sites (N-methyl/N-ethyl adjacent to an activating group) is 1. The number of nitrogens with two attached hydrogens (primary N) is 1. The van der Waals surface area contributed by atoms with Gasteiger partial charge in [-0.2, -0.15) is 13.2 Å². The van der Waals surface area contributed by atoms with E-state index in [2.05, 4.69) is 20.3 Å². The standard InChI is InChI=1S/C18H16ClF3N6O2/c1-24-7-13(9-2-3-12(19)11(6-9)18(20,21)22)28(30)17-15-14(26-8-27-17)10(16(23)29)4-5-25-15/h2-6,8,13,24,30H,7H2,1H3,(H2,23,29)/t13-/m1/s1. The number of aromatic nitrogens is 3. The van der Waals surface area contributed by atoms with Crippen molar-refractivity contribution in [1.82, 2.24) is 20.3 Å². The van der Waals surface area contributed by atoms with Gasteiger partial charge in [-0.1, -0.05) is 17.7 Å². The van der Waals surface area contributed by atoms with E-state index in [4.69, 9.17) is 17.3 Å². The Hall–Kier alpha value is -3.02. The van der Waals surface area contributed by atoms with E-state index in [0.29, 0.717) is 5.06 Å². The number of hydroxylamine groups is 1. The van der Waals surface area contributed by atoms with Crippen molar-refractivity contribution < 1.29 is 23.2 Å². The molecule has 0 aliphatic heterocycles. The summed E-state index contributed by atoms with van der Waals surface area (Å²) in [5, 5.41) is 13.9. The minimum Gasteiger partial charge on any atom is -0.366 e. The molecule has 0 spiro atoms. The Balaban J connectivity index is 2.13. The third-order valence-electron chi connectivity index (χ3n) is 4.36. The Morgan fingerprint density at radius 2 is 2.00 bits per heavy atom. The Bertz CT molecular complexity index is 1100. The summed E-state index contributed by atoms with van der Waals surface area (Å²) in [5.74, 6) is -0.859. The van der Waals surface area contributed by atoms with Gasteiger partial charge in [-0.25, -0.2) is 15.0 Å². The molecule has 1 atom stereocenters. The van der Waals surface area contributed by atoms with Crippen LogP contribution in [0.15, 0.2) is 36.8 Å². The van der Waals surface area contributed by atoms with Crippen LogP contribution in [0.4, 0.5) is 19.0 Å². The molecule has 3 rings (SSSR count). The number of nitrogens with zero attached hydrogens (tertiary/aromatic N) is 4. The van der Waals surface area contributed by atoms with E-state index in [1.807, 2.05) is 0 Å². The summed E-state index contributed by atoms with van der Waals surface area (Å²) < 4.78 is 39.8. The van der Waals surface area contributed by atoms with Crippen molar-refractivity contribution in [3.63, 3.8) is 0 Å². The topological polar surface area (TPSA) is 117 Å². The van der Waals surface area contributed by atoms with Crippen LogP contribution in [0.25, 0.3) is 11.0 Å². The zero-order chi connectivity index (χ0) is 22.1. The summed E-state index contributed by atoms with van der Waals surface area (Å²) in [5.41, 5.74) is 4.66. The lowest BCUT2D eigenvalue weighted by Crippen LogP contribution is -2.33. The van der Waals surface area contributed by atoms with E-state index in [1.165, 1.54) is 18.3 Å². The molecule has 0 saturated carbocycles. The Kier molecular flexibility index (Phi) is 6.06. The first-order valence-electron chi connectivity index (χ1n) is 8.54. The molecule has 0 saturated heterocycles. The molecule has 0 aliphatic rings. The van der Waals surface area contributed by atoms with E-state index in [-0.39, 0.29) is 34.5 Å². The second-order valence-corrected chi connectivity index (χ2v) is 6.68. The lowest BCUT2D eigenvalue weighted by Gasteiger charge is -2.28. The number of carbonyl (C=O) groups excluding carboxylic acids is 1. The Labute approximate surface area is 173 Å². The molecule has 158 valence electrons. The predicted molar refractivity (Wildman–Crippen MR) is 103 cm³/mol. The van der Waals surface area contributed by atoms with E-state index in [1.54, 1.807) is 7.05 Å². The van der Waals surface area contributed by atoms with E-state index >= 15 is 0 Å². The second-order valence-electron chi connectivity index (χ2n) is 6.27. The Morgan fingerprint density at radius 1 is 1.27 bits per heavy atom. The lowest BCUT2D eigenvalue weighted by atomic mass is 10.0. The smallest absolute Gasteiger partial charge is 0.366 e. The fourth-order valence-corrected chi connectivity index (χ4v) is 3.20. The maximum atomic E-state index is 13.3. The average molecular weight is 441 g/mol. The van der Waals surface area contributed by atoms with Crippen molar-refractivity contribution in [3.8, 4) is 0 Å². The molecule has 2 heterocycles. The van der Waals surface area contributed by atoms with Crippen LogP contribution in [0.2, 0.25) is 5.02 Å². The van der Waals surface area contributed by atoms with Crippen LogP contribution in [0.3, 0.4) is 0 Å². The zero-order valence-corrected chi connectivity index (χ0v) is 16.2. The Morgan fingerprint density at radius 3 is 2.63 bits per heavy atom. The molecule has 2 aromatic heterocycles. The largest absolute Gasteiger partial charge is 0.417 e. The van der Waals surface area contributed by atoms with Crippen LogP contribution in [0.1, 0.15) is 27.5 Å². The van der Waals surface area contributed by atoms with Crippen molar-refractivity contribution in [2.24, 2.45) is 5.73 Å². The quantitative estimate of drug-likeness (QED) is 0.504. The molecule has 0 fully saturated rings. The number of alkyl halides is 3. The summed E-state index contributed by atoms with van der Waals surface area (Å²) in [4.78, 5) is 23.7. The number of halogens is 4. The molecule has 3 aromatic rings. The van der Waals surface area contributed by atoms with Crippen LogP contribution in [0.5, 0.6) is 0 Å². The number of benzene rings is 1. The van der Waals surface area contributed by atoms with Gasteiger partial charge in [-0.15, -0.1) is 0 Å². The van der Waals surface area contributed by atoms with Crippen molar-refractivity contribution in [1.29, 1.82) is 0 Å². The number of pyridine rings is 1. The van der Waals surface area contributed by atoms with Gasteiger partial charge < -0.3 is 11.1 Å². The van der Waals surface area contributed by atoms with Crippen molar-refractivity contribution in [2.45, 2.75) is 12.2 Å².